The summed E-state index contributed by atoms with van der Waals surface area (Å²) in [6, 6.07) is 0. The molecule has 0 aromatic carbocycles. The average molecular weight is 144 g/mol. The van der Waals surface area contributed by atoms with Gasteiger partial charge in [-0.3, -0.25) is 0 Å². The first kappa shape index (κ1) is 6.80. The van der Waals surface area contributed by atoms with E-state index < -0.39 is 25.1 Å². The van der Waals surface area contributed by atoms with Crippen molar-refractivity contribution in [3.8, 4) is 0 Å². The molecule has 1 aliphatic heterocycles. The summed E-state index contributed by atoms with van der Waals surface area (Å²) in [6.45, 7) is 0. The van der Waals surface area contributed by atoms with Gasteiger partial charge in [-0.2, -0.15) is 0 Å². The van der Waals surface area contributed by atoms with Gasteiger partial charge in [0, 0.05) is 0 Å². The lowest BCUT2D eigenvalue weighted by Gasteiger charge is -1.98. The van der Waals surface area contributed by atoms with Crippen LogP contribution < -0.4 is 0 Å². The van der Waals surface area contributed by atoms with Crippen LogP contribution in [0.1, 0.15) is 0 Å². The van der Waals surface area contributed by atoms with Gasteiger partial charge >= 0.3 is 0 Å². The molecule has 0 radical (unpaired) electrons. The molecule has 9 heavy (non-hydrogen) atoms. The second kappa shape index (κ2) is 2.13. The van der Waals surface area contributed by atoms with Gasteiger partial charge in [-0.25, -0.2) is 17.6 Å². The lowest BCUT2D eigenvalue weighted by molar-refractivity contribution is -0.104. The summed E-state index contributed by atoms with van der Waals surface area (Å²) >= 11 is 0. The highest BCUT2D eigenvalue weighted by molar-refractivity contribution is 4.80. The minimum Gasteiger partial charge on any atom is -0.308 e. The lowest BCUT2D eigenvalue weighted by atomic mass is 10.3. The van der Waals surface area contributed by atoms with Crippen molar-refractivity contribution < 1.29 is 22.3 Å². The molecule has 0 spiro atoms. The fourth-order valence-corrected chi connectivity index (χ4v) is 0.563. The normalized spacial score (nSPS) is 52.0. The Morgan fingerprint density at radius 1 is 0.778 bits per heavy atom. The smallest absolute Gasteiger partial charge is 0.236 e. The Bertz CT molecular complexity index is 96.7. The van der Waals surface area contributed by atoms with E-state index in [0.717, 1.165) is 0 Å². The van der Waals surface area contributed by atoms with Gasteiger partial charge in [-0.15, -0.1) is 0 Å². The molecule has 0 aromatic rings. The first-order chi connectivity index (χ1) is 4.13. The molecule has 0 N–H and O–H groups in total. The van der Waals surface area contributed by atoms with Crippen molar-refractivity contribution in [2.75, 3.05) is 0 Å². The van der Waals surface area contributed by atoms with Crippen LogP contribution in [0.2, 0.25) is 0 Å². The van der Waals surface area contributed by atoms with Crippen molar-refractivity contribution in [2.24, 2.45) is 0 Å². The quantitative estimate of drug-likeness (QED) is 0.465. The summed E-state index contributed by atoms with van der Waals surface area (Å²) < 4.78 is 50.7. The molecule has 1 saturated heterocycles. The van der Waals surface area contributed by atoms with Gasteiger partial charge in [-0.05, 0) is 0 Å². The predicted octanol–water partition coefficient (Wildman–Crippen LogP) is 1.28. The van der Waals surface area contributed by atoms with E-state index in [9.17, 15) is 17.6 Å². The highest BCUT2D eigenvalue weighted by atomic mass is 19.2. The summed E-state index contributed by atoms with van der Waals surface area (Å²) in [5, 5.41) is 0. The van der Waals surface area contributed by atoms with Crippen LogP contribution >= 0.6 is 0 Å². The van der Waals surface area contributed by atoms with Gasteiger partial charge in [-0.1, -0.05) is 0 Å². The molecule has 0 amide bonds. The van der Waals surface area contributed by atoms with Crippen LogP contribution in [-0.2, 0) is 4.74 Å². The van der Waals surface area contributed by atoms with E-state index >= 15 is 0 Å². The Kier molecular flexibility index (Phi) is 1.61. The van der Waals surface area contributed by atoms with Gasteiger partial charge in [0.05, 0.1) is 0 Å². The largest absolute Gasteiger partial charge is 0.308 e. The SMILES string of the molecule is F[C@@H]1[C@@H](F)[C@H](F)O[C@H]1F. The van der Waals surface area contributed by atoms with E-state index in [-0.39, 0.29) is 0 Å². The number of ether oxygens (including phenoxy) is 1. The summed E-state index contributed by atoms with van der Waals surface area (Å²) in [4.78, 5) is 0. The Morgan fingerprint density at radius 2 is 1.11 bits per heavy atom. The van der Waals surface area contributed by atoms with E-state index in [1.165, 1.54) is 0 Å². The molecule has 1 heterocycles. The molecule has 1 rings (SSSR count). The standard InChI is InChI=1S/C4H4F4O/c5-1-2(6)4(8)9-3(1)7/h1-4H/t1-,2-,3-,4-/m1/s1. The number of alkyl halides is 4. The fraction of sp³-hybridized carbons (Fsp3) is 1.00. The van der Waals surface area contributed by atoms with Crippen molar-refractivity contribution in [2.45, 2.75) is 25.1 Å². The zero-order valence-corrected chi connectivity index (χ0v) is 4.23. The predicted molar refractivity (Wildman–Crippen MR) is 20.7 cm³/mol. The third-order valence-corrected chi connectivity index (χ3v) is 1.06. The highest BCUT2D eigenvalue weighted by Gasteiger charge is 2.46. The van der Waals surface area contributed by atoms with Gasteiger partial charge in [0.15, 0.2) is 12.3 Å². The molecular weight excluding hydrogens is 140 g/mol. The van der Waals surface area contributed by atoms with Crippen LogP contribution in [0.4, 0.5) is 17.6 Å². The molecule has 5 heteroatoms. The fourth-order valence-electron chi connectivity index (χ4n) is 0.563. The molecule has 0 unspecified atom stereocenters. The molecule has 1 nitrogen and oxygen atoms in total. The summed E-state index contributed by atoms with van der Waals surface area (Å²) in [5.41, 5.74) is 0. The Morgan fingerprint density at radius 3 is 1.22 bits per heavy atom. The van der Waals surface area contributed by atoms with Crippen molar-refractivity contribution in [3.63, 3.8) is 0 Å². The first-order valence-corrected chi connectivity index (χ1v) is 2.34. The molecule has 1 aliphatic rings. The molecule has 4 atom stereocenters. The second-order valence-electron chi connectivity index (χ2n) is 1.73. The van der Waals surface area contributed by atoms with Crippen molar-refractivity contribution in [1.29, 1.82) is 0 Å². The first-order valence-electron chi connectivity index (χ1n) is 2.34. The van der Waals surface area contributed by atoms with E-state index in [1.54, 1.807) is 0 Å². The maximum absolute atomic E-state index is 11.8. The molecule has 54 valence electrons. The molecule has 0 saturated carbocycles. The van der Waals surface area contributed by atoms with Crippen molar-refractivity contribution in [1.82, 2.24) is 0 Å². The topological polar surface area (TPSA) is 9.23 Å². The zero-order valence-electron chi connectivity index (χ0n) is 4.23. The van der Waals surface area contributed by atoms with Gasteiger partial charge < -0.3 is 4.74 Å². The minimum absolute atomic E-state index is 2.45. The van der Waals surface area contributed by atoms with Crippen LogP contribution in [0.15, 0.2) is 0 Å². The molecule has 1 fully saturated rings. The number of hydrogen-bond donors (Lipinski definition) is 0. The average Bonchev–Trinajstić information content (AvgIpc) is 1.98. The zero-order chi connectivity index (χ0) is 7.02. The Balaban J connectivity index is 2.54. The maximum Gasteiger partial charge on any atom is 0.236 e. The van der Waals surface area contributed by atoms with Gasteiger partial charge in [0.25, 0.3) is 0 Å². The number of halogens is 4. The van der Waals surface area contributed by atoms with Crippen LogP contribution in [0.5, 0.6) is 0 Å². The Hall–Kier alpha value is -0.320. The molecular formula is C4H4F4O. The number of hydrogen-bond acceptors (Lipinski definition) is 1. The molecule has 0 bridgehead atoms. The van der Waals surface area contributed by atoms with E-state index in [4.69, 9.17) is 0 Å². The lowest BCUT2D eigenvalue weighted by Crippen LogP contribution is -2.20. The second-order valence-corrected chi connectivity index (χ2v) is 1.73. The summed E-state index contributed by atoms with van der Waals surface area (Å²) in [5.74, 6) is 0. The van der Waals surface area contributed by atoms with Crippen LogP contribution in [-0.4, -0.2) is 25.1 Å². The van der Waals surface area contributed by atoms with Crippen LogP contribution in [0.25, 0.3) is 0 Å². The number of rotatable bonds is 0. The van der Waals surface area contributed by atoms with Gasteiger partial charge in [0.2, 0.25) is 12.7 Å². The third kappa shape index (κ3) is 1.01. The van der Waals surface area contributed by atoms with Crippen LogP contribution in [0.3, 0.4) is 0 Å². The Labute approximate surface area is 48.6 Å². The van der Waals surface area contributed by atoms with E-state index in [2.05, 4.69) is 4.74 Å². The summed E-state index contributed by atoms with van der Waals surface area (Å²) in [7, 11) is 0. The van der Waals surface area contributed by atoms with Crippen molar-refractivity contribution >= 4 is 0 Å². The van der Waals surface area contributed by atoms with Crippen LogP contribution in [0, 0.1) is 0 Å². The van der Waals surface area contributed by atoms with Crippen molar-refractivity contribution in [3.05, 3.63) is 0 Å². The summed E-state index contributed by atoms with van der Waals surface area (Å²) in [6.07, 6.45) is -9.84. The van der Waals surface area contributed by atoms with E-state index in [1.807, 2.05) is 0 Å². The molecule has 0 aliphatic carbocycles. The third-order valence-electron chi connectivity index (χ3n) is 1.06. The molecule has 0 aromatic heterocycles. The van der Waals surface area contributed by atoms with Gasteiger partial charge in [0.1, 0.15) is 0 Å². The minimum atomic E-state index is -2.47. The monoisotopic (exact) mass is 144 g/mol. The maximum atomic E-state index is 11.8. The highest BCUT2D eigenvalue weighted by Crippen LogP contribution is 2.27. The van der Waals surface area contributed by atoms with E-state index in [0.29, 0.717) is 0 Å².